The molecule has 2 amide bonds. The normalized spacial score (nSPS) is 10.4. The van der Waals surface area contributed by atoms with Crippen LogP contribution in [0.25, 0.3) is 0 Å². The van der Waals surface area contributed by atoms with Gasteiger partial charge in [0.15, 0.2) is 10.9 Å². The molecule has 0 saturated heterocycles. The van der Waals surface area contributed by atoms with Crippen molar-refractivity contribution < 1.29 is 14.1 Å². The maximum Gasteiger partial charge on any atom is 0.236 e. The van der Waals surface area contributed by atoms with Gasteiger partial charge >= 0.3 is 0 Å². The monoisotopic (exact) mass is 326 g/mol. The molecular weight excluding hydrogens is 312 g/mol. The molecule has 0 atom stereocenters. The molecule has 0 aliphatic rings. The number of anilines is 2. The highest BCUT2D eigenvalue weighted by Gasteiger charge is 2.09. The molecule has 0 unspecified atom stereocenters. The number of nitrogens with one attached hydrogen (secondary N) is 2. The zero-order chi connectivity index (χ0) is 15.2. The van der Waals surface area contributed by atoms with E-state index in [1.807, 2.05) is 12.3 Å². The van der Waals surface area contributed by atoms with E-state index < -0.39 is 0 Å². The van der Waals surface area contributed by atoms with E-state index in [2.05, 4.69) is 20.8 Å². The number of carbonyl (C=O) groups excluding carboxylic acids is 2. The Morgan fingerprint density at radius 2 is 2.00 bits per heavy atom. The minimum absolute atomic E-state index is 0.163. The van der Waals surface area contributed by atoms with Gasteiger partial charge in [0.25, 0.3) is 0 Å². The lowest BCUT2D eigenvalue weighted by Crippen LogP contribution is -2.18. The first kappa shape index (κ1) is 15.5. The van der Waals surface area contributed by atoms with Crippen molar-refractivity contribution in [3.63, 3.8) is 0 Å². The van der Waals surface area contributed by atoms with E-state index in [1.54, 1.807) is 13.0 Å². The third kappa shape index (κ3) is 5.20. The lowest BCUT2D eigenvalue weighted by atomic mass is 10.5. The van der Waals surface area contributed by atoms with Crippen LogP contribution in [0.5, 0.6) is 0 Å². The number of nitrogens with zero attached hydrogens (tertiary/aromatic N) is 2. The largest absolute Gasteiger partial charge is 0.360 e. The van der Waals surface area contributed by atoms with Gasteiger partial charge in [-0.15, -0.1) is 23.1 Å². The van der Waals surface area contributed by atoms with E-state index >= 15 is 0 Å². The second-order valence-corrected chi connectivity index (χ2v) is 6.05. The molecule has 21 heavy (non-hydrogen) atoms. The molecule has 0 saturated carbocycles. The molecule has 2 aromatic heterocycles. The van der Waals surface area contributed by atoms with Crippen LogP contribution >= 0.6 is 23.1 Å². The van der Waals surface area contributed by atoms with Crippen molar-refractivity contribution >= 4 is 45.9 Å². The first-order chi connectivity index (χ1) is 10.0. The van der Waals surface area contributed by atoms with Gasteiger partial charge < -0.3 is 15.2 Å². The van der Waals surface area contributed by atoms with E-state index in [9.17, 15) is 9.59 Å². The van der Waals surface area contributed by atoms with Crippen molar-refractivity contribution in [2.45, 2.75) is 13.8 Å². The number of thioether (sulfide) groups is 1. The van der Waals surface area contributed by atoms with Crippen LogP contribution in [0.15, 0.2) is 16.0 Å². The van der Waals surface area contributed by atoms with Gasteiger partial charge in [-0.1, -0.05) is 5.16 Å². The zero-order valence-corrected chi connectivity index (χ0v) is 13.1. The lowest BCUT2D eigenvalue weighted by molar-refractivity contribution is -0.114. The van der Waals surface area contributed by atoms with E-state index in [-0.39, 0.29) is 23.3 Å². The molecule has 0 aromatic carbocycles. The van der Waals surface area contributed by atoms with Gasteiger partial charge in [-0.2, -0.15) is 0 Å². The highest BCUT2D eigenvalue weighted by Crippen LogP contribution is 2.15. The van der Waals surface area contributed by atoms with Gasteiger partial charge in [0.1, 0.15) is 5.76 Å². The summed E-state index contributed by atoms with van der Waals surface area (Å²) in [6.07, 6.45) is 0. The fourth-order valence-corrected chi connectivity index (χ4v) is 2.73. The molecule has 9 heteroatoms. The topological polar surface area (TPSA) is 97.1 Å². The summed E-state index contributed by atoms with van der Waals surface area (Å²) in [5, 5.41) is 11.3. The van der Waals surface area contributed by atoms with Crippen LogP contribution in [-0.2, 0) is 9.59 Å². The number of amides is 2. The average molecular weight is 326 g/mol. The second-order valence-electron chi connectivity index (χ2n) is 4.21. The molecule has 0 bridgehead atoms. The summed E-state index contributed by atoms with van der Waals surface area (Å²) in [6, 6.07) is 1.63. The summed E-state index contributed by atoms with van der Waals surface area (Å²) in [4.78, 5) is 27.4. The Bertz CT molecular complexity index is 584. The summed E-state index contributed by atoms with van der Waals surface area (Å²) in [6.45, 7) is 3.60. The van der Waals surface area contributed by atoms with Crippen molar-refractivity contribution in [3.8, 4) is 0 Å². The third-order valence-corrected chi connectivity index (χ3v) is 4.04. The van der Waals surface area contributed by atoms with Crippen molar-refractivity contribution in [2.24, 2.45) is 0 Å². The number of aromatic nitrogens is 2. The van der Waals surface area contributed by atoms with Crippen LogP contribution in [0.2, 0.25) is 0 Å². The molecule has 0 fully saturated rings. The molecular formula is C12H14N4O3S2. The van der Waals surface area contributed by atoms with Gasteiger partial charge in [-0.3, -0.25) is 9.59 Å². The molecule has 0 aliphatic carbocycles. The lowest BCUT2D eigenvalue weighted by Gasteiger charge is -2.02. The Hall–Kier alpha value is -1.87. The van der Waals surface area contributed by atoms with Gasteiger partial charge in [0.05, 0.1) is 17.2 Å². The summed E-state index contributed by atoms with van der Waals surface area (Å²) in [7, 11) is 0. The third-order valence-electron chi connectivity index (χ3n) is 2.23. The minimum atomic E-state index is -0.230. The van der Waals surface area contributed by atoms with Crippen molar-refractivity contribution in [1.29, 1.82) is 0 Å². The molecule has 0 aliphatic heterocycles. The SMILES string of the molecule is Cc1csc(NC(=O)CSCC(=O)Nc2cc(C)on2)n1. The van der Waals surface area contributed by atoms with Crippen LogP contribution < -0.4 is 10.6 Å². The maximum atomic E-state index is 11.6. The fraction of sp³-hybridized carbons (Fsp3) is 0.333. The van der Waals surface area contributed by atoms with Crippen LogP contribution in [0.1, 0.15) is 11.5 Å². The van der Waals surface area contributed by atoms with Crippen LogP contribution in [0.4, 0.5) is 10.9 Å². The smallest absolute Gasteiger partial charge is 0.236 e. The quantitative estimate of drug-likeness (QED) is 0.843. The predicted octanol–water partition coefficient (Wildman–Crippen LogP) is 2.06. The number of rotatable bonds is 6. The number of hydrogen-bond acceptors (Lipinski definition) is 7. The summed E-state index contributed by atoms with van der Waals surface area (Å²) in [5.41, 5.74) is 0.866. The molecule has 2 heterocycles. The first-order valence-electron chi connectivity index (χ1n) is 6.06. The van der Waals surface area contributed by atoms with Gasteiger partial charge in [0.2, 0.25) is 11.8 Å². The zero-order valence-electron chi connectivity index (χ0n) is 11.5. The molecule has 112 valence electrons. The van der Waals surface area contributed by atoms with Gasteiger partial charge in [-0.05, 0) is 13.8 Å². The highest BCUT2D eigenvalue weighted by atomic mass is 32.2. The molecule has 7 nitrogen and oxygen atoms in total. The fourth-order valence-electron chi connectivity index (χ4n) is 1.41. The first-order valence-corrected chi connectivity index (χ1v) is 8.09. The number of aryl methyl sites for hydroxylation is 2. The summed E-state index contributed by atoms with van der Waals surface area (Å²) in [5.74, 6) is 0.933. The van der Waals surface area contributed by atoms with E-state index in [0.29, 0.717) is 16.7 Å². The second kappa shape index (κ2) is 7.23. The van der Waals surface area contributed by atoms with E-state index in [4.69, 9.17) is 4.52 Å². The van der Waals surface area contributed by atoms with Gasteiger partial charge in [-0.25, -0.2) is 4.98 Å². The van der Waals surface area contributed by atoms with Crippen LogP contribution in [0.3, 0.4) is 0 Å². The summed E-state index contributed by atoms with van der Waals surface area (Å²) < 4.78 is 4.84. The van der Waals surface area contributed by atoms with Gasteiger partial charge in [0, 0.05) is 11.4 Å². The number of hydrogen-bond donors (Lipinski definition) is 2. The Morgan fingerprint density at radius 3 is 2.57 bits per heavy atom. The standard InChI is InChI=1S/C12H14N4O3S2/c1-7-4-21-12(13-7)15-11(18)6-20-5-10(17)14-9-3-8(2)19-16-9/h3-4H,5-6H2,1-2H3,(H,13,15,18)(H,14,16,17). The van der Waals surface area contributed by atoms with Crippen LogP contribution in [-0.4, -0.2) is 33.5 Å². The Kier molecular flexibility index (Phi) is 5.34. The van der Waals surface area contributed by atoms with Crippen molar-refractivity contribution in [2.75, 3.05) is 22.1 Å². The molecule has 2 N–H and O–H groups in total. The van der Waals surface area contributed by atoms with Crippen molar-refractivity contribution in [3.05, 3.63) is 22.9 Å². The highest BCUT2D eigenvalue weighted by molar-refractivity contribution is 8.00. The van der Waals surface area contributed by atoms with E-state index in [0.717, 1.165) is 5.69 Å². The predicted molar refractivity (Wildman–Crippen MR) is 82.7 cm³/mol. The molecule has 0 radical (unpaired) electrons. The minimum Gasteiger partial charge on any atom is -0.360 e. The average Bonchev–Trinajstić information content (AvgIpc) is 2.98. The Balaban J connectivity index is 1.66. The number of carbonyl (C=O) groups is 2. The Labute approximate surface area is 129 Å². The molecule has 2 aromatic rings. The molecule has 0 spiro atoms. The van der Waals surface area contributed by atoms with Crippen LogP contribution in [0, 0.1) is 13.8 Å². The summed E-state index contributed by atoms with van der Waals surface area (Å²) >= 11 is 2.59. The maximum absolute atomic E-state index is 11.6. The molecule has 2 rings (SSSR count). The Morgan fingerprint density at radius 1 is 1.29 bits per heavy atom. The number of thiazole rings is 1. The van der Waals surface area contributed by atoms with Crippen molar-refractivity contribution in [1.82, 2.24) is 10.1 Å². The van der Waals surface area contributed by atoms with E-state index in [1.165, 1.54) is 23.1 Å².